The number of carbonyl (C=O) groups is 1. The summed E-state index contributed by atoms with van der Waals surface area (Å²) in [6.07, 6.45) is 4.17. The molecule has 0 radical (unpaired) electrons. The van der Waals surface area contributed by atoms with E-state index in [0.717, 1.165) is 40.3 Å². The molecular weight excluding hydrogens is 262 g/mol. The summed E-state index contributed by atoms with van der Waals surface area (Å²) in [4.78, 5) is 15.6. The van der Waals surface area contributed by atoms with Gasteiger partial charge in [0.05, 0.1) is 0 Å². The van der Waals surface area contributed by atoms with Crippen LogP contribution in [0.3, 0.4) is 0 Å². The second kappa shape index (κ2) is 3.81. The number of hydrogen-bond donors (Lipinski definition) is 3. The summed E-state index contributed by atoms with van der Waals surface area (Å²) in [5.74, 6) is 3.34. The Kier molecular flexibility index (Phi) is 2.12. The van der Waals surface area contributed by atoms with Gasteiger partial charge >= 0.3 is 0 Å². The van der Waals surface area contributed by atoms with Gasteiger partial charge in [0.15, 0.2) is 0 Å². The third kappa shape index (κ3) is 1.59. The molecule has 1 amide bonds. The molecule has 1 aromatic heterocycles. The van der Waals surface area contributed by atoms with Crippen molar-refractivity contribution in [3.05, 3.63) is 30.0 Å². The van der Waals surface area contributed by atoms with Gasteiger partial charge in [-0.1, -0.05) is 0 Å². The number of nitrogens with one attached hydrogen (secondary N) is 2. The lowest BCUT2D eigenvalue weighted by Gasteiger charge is -2.09. The van der Waals surface area contributed by atoms with Gasteiger partial charge in [-0.15, -0.1) is 0 Å². The second-order valence-corrected chi connectivity index (χ2v) is 7.02. The van der Waals surface area contributed by atoms with Gasteiger partial charge in [-0.2, -0.15) is 0 Å². The highest BCUT2D eigenvalue weighted by Crippen LogP contribution is 2.65. The highest BCUT2D eigenvalue weighted by molar-refractivity contribution is 5.98. The van der Waals surface area contributed by atoms with Gasteiger partial charge in [-0.3, -0.25) is 4.79 Å². The van der Waals surface area contributed by atoms with Crippen molar-refractivity contribution >= 4 is 22.5 Å². The van der Waals surface area contributed by atoms with E-state index >= 15 is 0 Å². The average molecular weight is 281 g/mol. The Labute approximate surface area is 123 Å². The largest absolute Gasteiger partial charge is 0.399 e. The zero-order chi connectivity index (χ0) is 14.1. The lowest BCUT2D eigenvalue weighted by Crippen LogP contribution is -2.30. The van der Waals surface area contributed by atoms with Crippen molar-refractivity contribution in [2.24, 2.45) is 23.7 Å². The van der Waals surface area contributed by atoms with Crippen molar-refractivity contribution in [2.45, 2.75) is 25.3 Å². The molecule has 108 valence electrons. The molecule has 2 bridgehead atoms. The van der Waals surface area contributed by atoms with Crippen LogP contribution in [0.25, 0.3) is 10.9 Å². The Hall–Kier alpha value is -1.97. The van der Waals surface area contributed by atoms with E-state index < -0.39 is 0 Å². The van der Waals surface area contributed by atoms with Gasteiger partial charge in [0, 0.05) is 22.6 Å². The lowest BCUT2D eigenvalue weighted by atomic mass is 10.0. The Morgan fingerprint density at radius 3 is 2.71 bits per heavy atom. The third-order valence-electron chi connectivity index (χ3n) is 5.92. The molecule has 5 rings (SSSR count). The van der Waals surface area contributed by atoms with Crippen molar-refractivity contribution in [3.63, 3.8) is 0 Å². The molecule has 4 atom stereocenters. The first-order valence-corrected chi connectivity index (χ1v) is 7.90. The Morgan fingerprint density at radius 1 is 1.19 bits per heavy atom. The minimum Gasteiger partial charge on any atom is -0.399 e. The van der Waals surface area contributed by atoms with Crippen molar-refractivity contribution in [3.8, 4) is 0 Å². The van der Waals surface area contributed by atoms with Gasteiger partial charge < -0.3 is 16.0 Å². The molecule has 4 heteroatoms. The molecule has 3 aliphatic rings. The summed E-state index contributed by atoms with van der Waals surface area (Å²) in [7, 11) is 0. The smallest absolute Gasteiger partial charge is 0.267 e. The van der Waals surface area contributed by atoms with Crippen LogP contribution in [0.5, 0.6) is 0 Å². The Bertz CT molecular complexity index is 734. The number of nitrogen functional groups attached to an aromatic ring is 1. The fourth-order valence-electron chi connectivity index (χ4n) is 5.02. The molecule has 4 unspecified atom stereocenters. The van der Waals surface area contributed by atoms with E-state index in [2.05, 4.69) is 10.3 Å². The number of H-pyrrole nitrogens is 1. The summed E-state index contributed by atoms with van der Waals surface area (Å²) in [6, 6.07) is 8.00. The molecule has 0 saturated heterocycles. The van der Waals surface area contributed by atoms with Gasteiger partial charge in [-0.05, 0) is 67.2 Å². The van der Waals surface area contributed by atoms with Crippen molar-refractivity contribution in [1.29, 1.82) is 0 Å². The maximum atomic E-state index is 12.4. The fourth-order valence-corrected chi connectivity index (χ4v) is 5.02. The van der Waals surface area contributed by atoms with Crippen molar-refractivity contribution < 1.29 is 4.79 Å². The van der Waals surface area contributed by atoms with E-state index in [1.54, 1.807) is 0 Å². The minimum atomic E-state index is 0.0311. The summed E-state index contributed by atoms with van der Waals surface area (Å²) < 4.78 is 0. The standard InChI is InChI=1S/C17H19N3O/c18-11-3-4-12-10(6-11)7-13(19-12)17(21)20-16-14-8-1-2-9(5-8)15(14)16/h3-4,6-9,14-16,19H,1-2,5,18H2,(H,20,21). The van der Waals surface area contributed by atoms with Crippen LogP contribution in [0.1, 0.15) is 29.8 Å². The Balaban J connectivity index is 1.36. The number of aromatic amines is 1. The van der Waals surface area contributed by atoms with Gasteiger partial charge in [0.25, 0.3) is 5.91 Å². The topological polar surface area (TPSA) is 70.9 Å². The lowest BCUT2D eigenvalue weighted by molar-refractivity contribution is 0.0940. The van der Waals surface area contributed by atoms with Crippen LogP contribution in [-0.4, -0.2) is 16.9 Å². The van der Waals surface area contributed by atoms with E-state index in [0.29, 0.717) is 11.7 Å². The zero-order valence-electron chi connectivity index (χ0n) is 11.8. The number of benzene rings is 1. The number of carbonyl (C=O) groups excluding carboxylic acids is 1. The van der Waals surface area contributed by atoms with Crippen molar-refractivity contribution in [2.75, 3.05) is 5.73 Å². The zero-order valence-corrected chi connectivity index (χ0v) is 11.8. The normalized spacial score (nSPS) is 35.9. The van der Waals surface area contributed by atoms with Crippen LogP contribution < -0.4 is 11.1 Å². The number of anilines is 1. The molecule has 3 fully saturated rings. The molecule has 2 aromatic rings. The summed E-state index contributed by atoms with van der Waals surface area (Å²) in [6.45, 7) is 0. The summed E-state index contributed by atoms with van der Waals surface area (Å²) >= 11 is 0. The fraction of sp³-hybridized carbons (Fsp3) is 0.471. The van der Waals surface area contributed by atoms with Crippen LogP contribution in [0, 0.1) is 23.7 Å². The molecule has 3 aliphatic carbocycles. The predicted octanol–water partition coefficient (Wildman–Crippen LogP) is 2.52. The quantitative estimate of drug-likeness (QED) is 0.740. The van der Waals surface area contributed by atoms with E-state index in [1.807, 2.05) is 24.3 Å². The predicted molar refractivity (Wildman–Crippen MR) is 81.8 cm³/mol. The summed E-state index contributed by atoms with van der Waals surface area (Å²) in [5.41, 5.74) is 8.12. The highest BCUT2D eigenvalue weighted by atomic mass is 16.2. The number of hydrogen-bond acceptors (Lipinski definition) is 2. The van der Waals surface area contributed by atoms with Gasteiger partial charge in [0.2, 0.25) is 0 Å². The molecular formula is C17H19N3O. The van der Waals surface area contributed by atoms with E-state index in [1.165, 1.54) is 19.3 Å². The highest BCUT2D eigenvalue weighted by Gasteiger charge is 2.65. The molecule has 1 aromatic carbocycles. The van der Waals surface area contributed by atoms with Crippen LogP contribution in [0.2, 0.25) is 0 Å². The minimum absolute atomic E-state index is 0.0311. The SMILES string of the molecule is Nc1ccc2[nH]c(C(=O)NC3C4C5CCC(C5)C34)cc2c1. The number of amides is 1. The number of rotatable bonds is 2. The Morgan fingerprint density at radius 2 is 1.95 bits per heavy atom. The molecule has 0 aliphatic heterocycles. The van der Waals surface area contributed by atoms with Crippen LogP contribution in [-0.2, 0) is 0 Å². The molecule has 4 nitrogen and oxygen atoms in total. The number of aromatic nitrogens is 1. The van der Waals surface area contributed by atoms with Gasteiger partial charge in [-0.25, -0.2) is 0 Å². The van der Waals surface area contributed by atoms with E-state index in [4.69, 9.17) is 5.73 Å². The maximum absolute atomic E-state index is 12.4. The molecule has 4 N–H and O–H groups in total. The average Bonchev–Trinajstić information content (AvgIpc) is 2.88. The first-order valence-electron chi connectivity index (χ1n) is 7.90. The number of nitrogens with two attached hydrogens (primary N) is 1. The third-order valence-corrected chi connectivity index (χ3v) is 5.92. The van der Waals surface area contributed by atoms with Crippen LogP contribution in [0.4, 0.5) is 5.69 Å². The van der Waals surface area contributed by atoms with Crippen molar-refractivity contribution in [1.82, 2.24) is 10.3 Å². The van der Waals surface area contributed by atoms with E-state index in [9.17, 15) is 4.79 Å². The molecule has 1 heterocycles. The number of fused-ring (bicyclic) bond motifs is 6. The second-order valence-electron chi connectivity index (χ2n) is 7.02. The molecule has 0 spiro atoms. The van der Waals surface area contributed by atoms with E-state index in [-0.39, 0.29) is 5.91 Å². The summed E-state index contributed by atoms with van der Waals surface area (Å²) in [5, 5.41) is 4.24. The van der Waals surface area contributed by atoms with Gasteiger partial charge in [0.1, 0.15) is 5.69 Å². The molecule has 21 heavy (non-hydrogen) atoms. The molecule has 3 saturated carbocycles. The van der Waals surface area contributed by atoms with Crippen LogP contribution >= 0.6 is 0 Å². The monoisotopic (exact) mass is 281 g/mol. The first-order chi connectivity index (χ1) is 10.2. The maximum Gasteiger partial charge on any atom is 0.267 e. The van der Waals surface area contributed by atoms with Crippen LogP contribution in [0.15, 0.2) is 24.3 Å². The first kappa shape index (κ1) is 11.7.